The zero-order chi connectivity index (χ0) is 13.9. The van der Waals surface area contributed by atoms with Crippen molar-refractivity contribution in [3.05, 3.63) is 29.8 Å². The molecule has 0 atom stereocenters. The van der Waals surface area contributed by atoms with Gasteiger partial charge >= 0.3 is 0 Å². The van der Waals surface area contributed by atoms with E-state index in [1.807, 2.05) is 0 Å². The molecule has 0 aromatic heterocycles. The van der Waals surface area contributed by atoms with Gasteiger partial charge in [-0.05, 0) is 24.3 Å². The average Bonchev–Trinajstić information content (AvgIpc) is 2.28. The van der Waals surface area contributed by atoms with Gasteiger partial charge in [0, 0.05) is 19.7 Å². The van der Waals surface area contributed by atoms with Crippen molar-refractivity contribution in [2.75, 3.05) is 14.1 Å². The third-order valence-corrected chi connectivity index (χ3v) is 3.94. The number of guanidine groups is 1. The predicted octanol–water partition coefficient (Wildman–Crippen LogP) is -0.649. The number of carbonyl (C=O) groups excluding carboxylic acids is 1. The van der Waals surface area contributed by atoms with E-state index in [-0.39, 0.29) is 16.4 Å². The second-order valence-corrected chi connectivity index (χ2v) is 5.81. The summed E-state index contributed by atoms with van der Waals surface area (Å²) in [7, 11) is -0.657. The number of sulfonamides is 1. The van der Waals surface area contributed by atoms with Crippen LogP contribution in [0.15, 0.2) is 34.2 Å². The van der Waals surface area contributed by atoms with Gasteiger partial charge in [-0.25, -0.2) is 12.7 Å². The third-order valence-electron chi connectivity index (χ3n) is 2.11. The SMILES string of the molecule is CN(C)S(=O)(=O)c1ccc(C(=O)N=C(N)N)cc1. The minimum Gasteiger partial charge on any atom is -0.370 e. The van der Waals surface area contributed by atoms with Gasteiger partial charge in [0.15, 0.2) is 5.96 Å². The number of hydrogen-bond acceptors (Lipinski definition) is 3. The molecule has 1 rings (SSSR count). The Morgan fingerprint density at radius 3 is 2.06 bits per heavy atom. The molecule has 1 aromatic rings. The lowest BCUT2D eigenvalue weighted by Crippen LogP contribution is -2.24. The van der Waals surface area contributed by atoms with Crippen LogP contribution >= 0.6 is 0 Å². The van der Waals surface area contributed by atoms with E-state index in [1.54, 1.807) is 0 Å². The van der Waals surface area contributed by atoms with Crippen LogP contribution in [-0.4, -0.2) is 38.7 Å². The van der Waals surface area contributed by atoms with Crippen molar-refractivity contribution in [2.24, 2.45) is 16.5 Å². The zero-order valence-corrected chi connectivity index (χ0v) is 10.8. The smallest absolute Gasteiger partial charge is 0.280 e. The maximum absolute atomic E-state index is 11.8. The lowest BCUT2D eigenvalue weighted by molar-refractivity contribution is 0.100. The van der Waals surface area contributed by atoms with E-state index in [2.05, 4.69) is 4.99 Å². The second-order valence-electron chi connectivity index (χ2n) is 3.65. The van der Waals surface area contributed by atoms with E-state index >= 15 is 0 Å². The summed E-state index contributed by atoms with van der Waals surface area (Å²) in [4.78, 5) is 14.9. The average molecular weight is 270 g/mol. The number of rotatable bonds is 3. The van der Waals surface area contributed by atoms with E-state index in [1.165, 1.54) is 38.4 Å². The zero-order valence-electron chi connectivity index (χ0n) is 9.99. The first-order chi connectivity index (χ1) is 8.25. The topological polar surface area (TPSA) is 119 Å². The molecule has 0 heterocycles. The van der Waals surface area contributed by atoms with E-state index in [0.717, 1.165) is 4.31 Å². The molecule has 1 aromatic carbocycles. The first-order valence-electron chi connectivity index (χ1n) is 4.91. The van der Waals surface area contributed by atoms with Crippen molar-refractivity contribution in [2.45, 2.75) is 4.90 Å². The van der Waals surface area contributed by atoms with Gasteiger partial charge in [-0.15, -0.1) is 0 Å². The molecule has 4 N–H and O–H groups in total. The summed E-state index contributed by atoms with van der Waals surface area (Å²) < 4.78 is 24.6. The number of aliphatic imine (C=N–C) groups is 1. The number of carbonyl (C=O) groups is 1. The highest BCUT2D eigenvalue weighted by molar-refractivity contribution is 7.89. The largest absolute Gasteiger partial charge is 0.370 e. The van der Waals surface area contributed by atoms with Gasteiger partial charge in [0.25, 0.3) is 5.91 Å². The second kappa shape index (κ2) is 5.15. The number of benzene rings is 1. The third kappa shape index (κ3) is 3.05. The maximum atomic E-state index is 11.8. The summed E-state index contributed by atoms with van der Waals surface area (Å²) >= 11 is 0. The lowest BCUT2D eigenvalue weighted by Gasteiger charge is -2.11. The van der Waals surface area contributed by atoms with E-state index < -0.39 is 15.9 Å². The van der Waals surface area contributed by atoms with E-state index in [0.29, 0.717) is 0 Å². The molecule has 0 saturated carbocycles. The predicted molar refractivity (Wildman–Crippen MR) is 67.5 cm³/mol. The summed E-state index contributed by atoms with van der Waals surface area (Å²) in [5.74, 6) is -0.964. The first-order valence-corrected chi connectivity index (χ1v) is 6.35. The molecule has 0 radical (unpaired) electrons. The van der Waals surface area contributed by atoms with E-state index in [4.69, 9.17) is 11.5 Å². The quantitative estimate of drug-likeness (QED) is 0.559. The van der Waals surface area contributed by atoms with Crippen LogP contribution in [-0.2, 0) is 10.0 Å². The van der Waals surface area contributed by atoms with Crippen molar-refractivity contribution in [3.63, 3.8) is 0 Å². The van der Waals surface area contributed by atoms with Gasteiger partial charge in [0.05, 0.1) is 4.90 Å². The Bertz CT molecular complexity index is 572. The summed E-state index contributed by atoms with van der Waals surface area (Å²) in [6.07, 6.45) is 0. The van der Waals surface area contributed by atoms with Gasteiger partial charge < -0.3 is 11.5 Å². The molecule has 7 nitrogen and oxygen atoms in total. The highest BCUT2D eigenvalue weighted by atomic mass is 32.2. The van der Waals surface area contributed by atoms with Gasteiger partial charge in [0.1, 0.15) is 0 Å². The van der Waals surface area contributed by atoms with Crippen LogP contribution in [0.1, 0.15) is 10.4 Å². The highest BCUT2D eigenvalue weighted by Crippen LogP contribution is 2.14. The maximum Gasteiger partial charge on any atom is 0.280 e. The van der Waals surface area contributed by atoms with Crippen molar-refractivity contribution < 1.29 is 13.2 Å². The number of amides is 1. The van der Waals surface area contributed by atoms with Crippen LogP contribution in [0.5, 0.6) is 0 Å². The van der Waals surface area contributed by atoms with Crippen LogP contribution in [0.2, 0.25) is 0 Å². The molecular formula is C10H14N4O3S. The molecule has 1 amide bonds. The Kier molecular flexibility index (Phi) is 4.04. The Labute approximate surface area is 105 Å². The molecule has 98 valence electrons. The van der Waals surface area contributed by atoms with Crippen molar-refractivity contribution >= 4 is 21.9 Å². The van der Waals surface area contributed by atoms with Crippen LogP contribution in [0.25, 0.3) is 0 Å². The van der Waals surface area contributed by atoms with Crippen molar-refractivity contribution in [1.29, 1.82) is 0 Å². The Morgan fingerprint density at radius 1 is 1.17 bits per heavy atom. The fourth-order valence-electron chi connectivity index (χ4n) is 1.16. The van der Waals surface area contributed by atoms with Gasteiger partial charge in [-0.3, -0.25) is 4.79 Å². The summed E-state index contributed by atoms with van der Waals surface area (Å²) in [6, 6.07) is 5.35. The first kappa shape index (κ1) is 14.1. The highest BCUT2D eigenvalue weighted by Gasteiger charge is 2.17. The summed E-state index contributed by atoms with van der Waals surface area (Å²) in [5, 5.41) is 0. The van der Waals surface area contributed by atoms with Crippen LogP contribution in [0.4, 0.5) is 0 Å². The molecule has 0 aliphatic carbocycles. The van der Waals surface area contributed by atoms with Gasteiger partial charge in [-0.2, -0.15) is 4.99 Å². The normalized spacial score (nSPS) is 11.3. The molecule has 0 bridgehead atoms. The molecule has 0 aliphatic heterocycles. The van der Waals surface area contributed by atoms with Crippen molar-refractivity contribution in [3.8, 4) is 0 Å². The monoisotopic (exact) mass is 270 g/mol. The number of hydrogen-bond donors (Lipinski definition) is 2. The van der Waals surface area contributed by atoms with Crippen molar-refractivity contribution in [1.82, 2.24) is 4.31 Å². The minimum absolute atomic E-state index is 0.0914. The van der Waals surface area contributed by atoms with Crippen LogP contribution in [0.3, 0.4) is 0 Å². The van der Waals surface area contributed by atoms with Crippen LogP contribution in [0, 0.1) is 0 Å². The number of nitrogens with two attached hydrogens (primary N) is 2. The molecule has 0 fully saturated rings. The van der Waals surface area contributed by atoms with Crippen LogP contribution < -0.4 is 11.5 Å². The molecular weight excluding hydrogens is 256 g/mol. The Hall–Kier alpha value is -1.93. The summed E-state index contributed by atoms with van der Waals surface area (Å²) in [6.45, 7) is 0. The number of nitrogens with zero attached hydrogens (tertiary/aromatic N) is 2. The summed E-state index contributed by atoms with van der Waals surface area (Å²) in [5.41, 5.74) is 10.4. The molecule has 18 heavy (non-hydrogen) atoms. The minimum atomic E-state index is -3.51. The Morgan fingerprint density at radius 2 is 1.67 bits per heavy atom. The molecule has 0 aliphatic rings. The Balaban J connectivity index is 3.08. The fourth-order valence-corrected chi connectivity index (χ4v) is 2.06. The molecule has 8 heteroatoms. The van der Waals surface area contributed by atoms with Gasteiger partial charge in [-0.1, -0.05) is 0 Å². The van der Waals surface area contributed by atoms with Gasteiger partial charge in [0.2, 0.25) is 10.0 Å². The molecule has 0 spiro atoms. The standard InChI is InChI=1S/C10H14N4O3S/c1-14(2)18(16,17)8-5-3-7(4-6-8)9(15)13-10(11)12/h3-6H,1-2H3,(H4,11,12,13,15). The lowest BCUT2D eigenvalue weighted by atomic mass is 10.2. The molecule has 0 saturated heterocycles. The van der Waals surface area contributed by atoms with E-state index in [9.17, 15) is 13.2 Å². The fraction of sp³-hybridized carbons (Fsp3) is 0.200. The molecule has 0 unspecified atom stereocenters.